The van der Waals surface area contributed by atoms with E-state index in [1.54, 1.807) is 12.1 Å². The van der Waals surface area contributed by atoms with Crippen molar-refractivity contribution >= 4 is 43.1 Å². The van der Waals surface area contributed by atoms with Gasteiger partial charge in [0.05, 0.1) is 0 Å². The SMILES string of the molecule is Fc1cc(-c2cccc3ccccc23)cc(-c2c3ccccc3c(-c3cccc4ccccc34)c3ccccc23)c1. The average Bonchev–Trinajstić information content (AvgIpc) is 3.03. The number of hydrogen-bond acceptors (Lipinski definition) is 0. The van der Waals surface area contributed by atoms with Crippen LogP contribution in [-0.2, 0) is 0 Å². The molecular formula is C40H25F. The fourth-order valence-corrected chi connectivity index (χ4v) is 6.54. The Morgan fingerprint density at radius 3 is 1.32 bits per heavy atom. The van der Waals surface area contributed by atoms with Crippen molar-refractivity contribution in [2.75, 3.05) is 0 Å². The Morgan fingerprint density at radius 2 is 0.732 bits per heavy atom. The number of benzene rings is 8. The summed E-state index contributed by atoms with van der Waals surface area (Å²) in [6, 6.07) is 52.2. The Kier molecular flexibility index (Phi) is 5.43. The molecule has 8 rings (SSSR count). The van der Waals surface area contributed by atoms with Crippen LogP contribution in [0.1, 0.15) is 0 Å². The van der Waals surface area contributed by atoms with Crippen LogP contribution in [0.4, 0.5) is 4.39 Å². The molecule has 0 atom stereocenters. The maximum absolute atomic E-state index is 15.5. The Hall–Kier alpha value is -5.27. The summed E-state index contributed by atoms with van der Waals surface area (Å²) < 4.78 is 15.5. The number of halogens is 1. The van der Waals surface area contributed by atoms with E-state index in [-0.39, 0.29) is 5.82 Å². The fourth-order valence-electron chi connectivity index (χ4n) is 6.54. The minimum absolute atomic E-state index is 0.239. The van der Waals surface area contributed by atoms with Crippen molar-refractivity contribution in [2.45, 2.75) is 0 Å². The molecule has 1 heteroatoms. The van der Waals surface area contributed by atoms with Gasteiger partial charge in [0, 0.05) is 0 Å². The zero-order chi connectivity index (χ0) is 27.3. The van der Waals surface area contributed by atoms with Crippen molar-refractivity contribution in [1.29, 1.82) is 0 Å². The van der Waals surface area contributed by atoms with Crippen LogP contribution in [0.25, 0.3) is 76.5 Å². The molecule has 0 aliphatic heterocycles. The molecule has 0 fully saturated rings. The molecule has 0 saturated carbocycles. The molecule has 0 amide bonds. The van der Waals surface area contributed by atoms with Crippen LogP contribution < -0.4 is 0 Å². The standard InChI is InChI=1S/C40H25F/c41-30-24-28(33-21-9-13-26-11-1-3-15-31(26)33)23-29(25-30)39-35-17-5-7-19-37(35)40(38-20-8-6-18-36(38)39)34-22-10-14-27-12-2-4-16-32(27)34/h1-25H. The van der Waals surface area contributed by atoms with E-state index in [4.69, 9.17) is 0 Å². The molecule has 0 aromatic heterocycles. The van der Waals surface area contributed by atoms with Crippen molar-refractivity contribution in [1.82, 2.24) is 0 Å². The second kappa shape index (κ2) is 9.43. The van der Waals surface area contributed by atoms with Gasteiger partial charge in [-0.05, 0) is 94.7 Å². The van der Waals surface area contributed by atoms with Crippen molar-refractivity contribution < 1.29 is 4.39 Å². The molecule has 8 aromatic carbocycles. The van der Waals surface area contributed by atoms with Crippen LogP contribution in [0.5, 0.6) is 0 Å². The molecule has 0 bridgehead atoms. The summed E-state index contributed by atoms with van der Waals surface area (Å²) in [5.41, 5.74) is 6.26. The van der Waals surface area contributed by atoms with Crippen molar-refractivity contribution in [3.8, 4) is 33.4 Å². The quantitative estimate of drug-likeness (QED) is 0.202. The third-order valence-corrected chi connectivity index (χ3v) is 8.28. The van der Waals surface area contributed by atoms with E-state index >= 15 is 4.39 Å². The second-order valence-electron chi connectivity index (χ2n) is 10.6. The molecule has 0 N–H and O–H groups in total. The van der Waals surface area contributed by atoms with Gasteiger partial charge in [-0.1, -0.05) is 133 Å². The molecule has 0 radical (unpaired) electrons. The summed E-state index contributed by atoms with van der Waals surface area (Å²) in [4.78, 5) is 0. The van der Waals surface area contributed by atoms with Crippen LogP contribution in [0.15, 0.2) is 152 Å². The van der Waals surface area contributed by atoms with Gasteiger partial charge in [-0.25, -0.2) is 4.39 Å². The highest BCUT2D eigenvalue weighted by molar-refractivity contribution is 6.23. The Morgan fingerprint density at radius 1 is 0.317 bits per heavy atom. The lowest BCUT2D eigenvalue weighted by Crippen LogP contribution is -1.93. The highest BCUT2D eigenvalue weighted by Crippen LogP contribution is 2.46. The van der Waals surface area contributed by atoms with Crippen LogP contribution in [0, 0.1) is 5.82 Å². The van der Waals surface area contributed by atoms with E-state index in [9.17, 15) is 0 Å². The third-order valence-electron chi connectivity index (χ3n) is 8.28. The van der Waals surface area contributed by atoms with Crippen LogP contribution in [-0.4, -0.2) is 0 Å². The van der Waals surface area contributed by atoms with Gasteiger partial charge in [-0.2, -0.15) is 0 Å². The Labute approximate surface area is 237 Å². The van der Waals surface area contributed by atoms with E-state index < -0.39 is 0 Å². The van der Waals surface area contributed by atoms with Crippen LogP contribution in [0.2, 0.25) is 0 Å². The maximum Gasteiger partial charge on any atom is 0.124 e. The van der Waals surface area contributed by atoms with E-state index in [1.807, 2.05) is 18.2 Å². The van der Waals surface area contributed by atoms with E-state index in [0.29, 0.717) is 0 Å². The first-order valence-electron chi connectivity index (χ1n) is 14.0. The van der Waals surface area contributed by atoms with E-state index in [0.717, 1.165) is 54.6 Å². The molecule has 0 spiro atoms. The summed E-state index contributed by atoms with van der Waals surface area (Å²) in [6.07, 6.45) is 0. The van der Waals surface area contributed by atoms with Gasteiger partial charge in [-0.15, -0.1) is 0 Å². The van der Waals surface area contributed by atoms with Gasteiger partial charge >= 0.3 is 0 Å². The molecule has 8 aromatic rings. The number of fused-ring (bicyclic) bond motifs is 4. The summed E-state index contributed by atoms with van der Waals surface area (Å²) in [5.74, 6) is -0.239. The van der Waals surface area contributed by atoms with Gasteiger partial charge in [-0.3, -0.25) is 0 Å². The van der Waals surface area contributed by atoms with Gasteiger partial charge in [0.2, 0.25) is 0 Å². The number of hydrogen-bond donors (Lipinski definition) is 0. The van der Waals surface area contributed by atoms with E-state index in [1.165, 1.54) is 21.9 Å². The molecule has 0 saturated heterocycles. The first-order valence-corrected chi connectivity index (χ1v) is 14.0. The smallest absolute Gasteiger partial charge is 0.124 e. The third kappa shape index (κ3) is 3.82. The predicted octanol–water partition coefficient (Wildman–Crippen LogP) is 11.4. The minimum atomic E-state index is -0.239. The first kappa shape index (κ1) is 23.6. The lowest BCUT2D eigenvalue weighted by molar-refractivity contribution is 0.629. The van der Waals surface area contributed by atoms with Gasteiger partial charge in [0.25, 0.3) is 0 Å². The molecule has 0 nitrogen and oxygen atoms in total. The van der Waals surface area contributed by atoms with Crippen LogP contribution in [0.3, 0.4) is 0 Å². The van der Waals surface area contributed by atoms with Crippen molar-refractivity contribution in [3.63, 3.8) is 0 Å². The summed E-state index contributed by atoms with van der Waals surface area (Å²) in [6.45, 7) is 0. The Bertz CT molecular complexity index is 2210. The summed E-state index contributed by atoms with van der Waals surface area (Å²) >= 11 is 0. The first-order chi connectivity index (χ1) is 20.3. The summed E-state index contributed by atoms with van der Waals surface area (Å²) in [5, 5.41) is 9.25. The van der Waals surface area contributed by atoms with Crippen LogP contribution >= 0.6 is 0 Å². The molecule has 192 valence electrons. The fraction of sp³-hybridized carbons (Fsp3) is 0. The van der Waals surface area contributed by atoms with Crippen molar-refractivity contribution in [2.24, 2.45) is 0 Å². The maximum atomic E-state index is 15.5. The van der Waals surface area contributed by atoms with E-state index in [2.05, 4.69) is 121 Å². The lowest BCUT2D eigenvalue weighted by atomic mass is 9.84. The molecule has 0 heterocycles. The zero-order valence-electron chi connectivity index (χ0n) is 22.3. The molecule has 0 unspecified atom stereocenters. The number of rotatable bonds is 3. The normalized spacial score (nSPS) is 11.5. The Balaban J connectivity index is 1.47. The largest absolute Gasteiger partial charge is 0.207 e. The van der Waals surface area contributed by atoms with Gasteiger partial charge in [0.1, 0.15) is 5.82 Å². The van der Waals surface area contributed by atoms with Crippen molar-refractivity contribution in [3.05, 3.63) is 157 Å². The average molecular weight is 525 g/mol. The van der Waals surface area contributed by atoms with Gasteiger partial charge in [0.15, 0.2) is 0 Å². The minimum Gasteiger partial charge on any atom is -0.207 e. The zero-order valence-corrected chi connectivity index (χ0v) is 22.3. The molecule has 41 heavy (non-hydrogen) atoms. The van der Waals surface area contributed by atoms with Gasteiger partial charge < -0.3 is 0 Å². The highest BCUT2D eigenvalue weighted by Gasteiger charge is 2.19. The predicted molar refractivity (Wildman–Crippen MR) is 173 cm³/mol. The molecular weight excluding hydrogens is 499 g/mol. The second-order valence-corrected chi connectivity index (χ2v) is 10.6. The lowest BCUT2D eigenvalue weighted by Gasteiger charge is -2.19. The summed E-state index contributed by atoms with van der Waals surface area (Å²) in [7, 11) is 0. The topological polar surface area (TPSA) is 0 Å². The molecule has 0 aliphatic carbocycles. The molecule has 0 aliphatic rings. The monoisotopic (exact) mass is 524 g/mol. The highest BCUT2D eigenvalue weighted by atomic mass is 19.1.